The van der Waals surface area contributed by atoms with Gasteiger partial charge in [-0.2, -0.15) is 5.26 Å². The van der Waals surface area contributed by atoms with Gasteiger partial charge in [0.15, 0.2) is 5.96 Å². The van der Waals surface area contributed by atoms with Crippen molar-refractivity contribution in [2.24, 2.45) is 5.92 Å². The van der Waals surface area contributed by atoms with E-state index in [1.54, 1.807) is 30.8 Å². The van der Waals surface area contributed by atoms with Gasteiger partial charge in [-0.1, -0.05) is 18.2 Å². The van der Waals surface area contributed by atoms with E-state index in [2.05, 4.69) is 46.4 Å². The van der Waals surface area contributed by atoms with Gasteiger partial charge in [-0.25, -0.2) is 0 Å². The Morgan fingerprint density at radius 2 is 2.09 bits per heavy atom. The molecule has 2 aliphatic heterocycles. The summed E-state index contributed by atoms with van der Waals surface area (Å²) in [5, 5.41) is 23.1. The number of hydrogen-bond acceptors (Lipinski definition) is 6. The van der Waals surface area contributed by atoms with Crippen LogP contribution in [0.25, 0.3) is 11.1 Å². The third-order valence-electron chi connectivity index (χ3n) is 6.44. The average molecular weight is 443 g/mol. The summed E-state index contributed by atoms with van der Waals surface area (Å²) >= 11 is 1.57. The number of anilines is 1. The maximum absolute atomic E-state index is 13.3. The highest BCUT2D eigenvalue weighted by molar-refractivity contribution is 7.10. The summed E-state index contributed by atoms with van der Waals surface area (Å²) in [6.07, 6.45) is 3.28. The number of para-hydroxylation sites is 1. The number of amides is 1. The highest BCUT2D eigenvalue weighted by atomic mass is 32.1. The second-order valence-corrected chi connectivity index (χ2v) is 9.25. The fourth-order valence-electron chi connectivity index (χ4n) is 4.70. The van der Waals surface area contributed by atoms with Crippen molar-refractivity contribution >= 4 is 28.9 Å². The molecule has 0 bridgehead atoms. The molecule has 0 aliphatic carbocycles. The molecule has 2 saturated heterocycles. The predicted molar refractivity (Wildman–Crippen MR) is 124 cm³/mol. The molecule has 1 aromatic carbocycles. The molecule has 0 radical (unpaired) electrons. The fourth-order valence-corrected chi connectivity index (χ4v) is 5.82. The normalized spacial score (nSPS) is 22.5. The maximum Gasteiger partial charge on any atom is 0.236 e. The smallest absolute Gasteiger partial charge is 0.236 e. The van der Waals surface area contributed by atoms with Crippen LogP contribution < -0.4 is 10.2 Å². The van der Waals surface area contributed by atoms with Crippen molar-refractivity contribution in [2.75, 3.05) is 25.0 Å². The fraction of sp³-hybridized carbons (Fsp3) is 0.250. The molecule has 5 rings (SSSR count). The van der Waals surface area contributed by atoms with Gasteiger partial charge < -0.3 is 10.2 Å². The second kappa shape index (κ2) is 7.46. The van der Waals surface area contributed by atoms with Crippen molar-refractivity contribution in [3.05, 3.63) is 70.2 Å². The maximum atomic E-state index is 13.3. The first-order valence-electron chi connectivity index (χ1n) is 10.3. The number of guanidine groups is 1. The third kappa shape index (κ3) is 3.05. The number of aryl methyl sites for hydroxylation is 1. The minimum absolute atomic E-state index is 0.0482. The Labute approximate surface area is 190 Å². The van der Waals surface area contributed by atoms with E-state index in [1.165, 1.54) is 4.90 Å². The molecule has 32 heavy (non-hydrogen) atoms. The standard InChI is InChI=1S/C24H22N6OS/c1-15-5-3-4-6-20(15)30-12-19-22(31)29(2)23(26)28-24(19,14-30)21-8-18(13-32-21)17-7-16(9-25)10-27-11-17/h3-8,10-11,13,19H,12,14H2,1-2H3,(H2,26,28)/t19?,24-/m0/s1. The summed E-state index contributed by atoms with van der Waals surface area (Å²) < 4.78 is 0. The van der Waals surface area contributed by atoms with Crippen LogP contribution in [0.15, 0.2) is 54.2 Å². The number of carbonyl (C=O) groups excluding carboxylic acids is 1. The molecule has 160 valence electrons. The Balaban J connectivity index is 1.59. The molecule has 0 saturated carbocycles. The largest absolute Gasteiger partial charge is 0.368 e. The van der Waals surface area contributed by atoms with Gasteiger partial charge in [0.2, 0.25) is 5.91 Å². The lowest BCUT2D eigenvalue weighted by atomic mass is 9.82. The summed E-state index contributed by atoms with van der Waals surface area (Å²) in [6.45, 7) is 3.24. The number of nitrogens with zero attached hydrogens (tertiary/aromatic N) is 4. The number of pyridine rings is 1. The number of aromatic nitrogens is 1. The number of nitriles is 1. The van der Waals surface area contributed by atoms with Gasteiger partial charge in [-0.05, 0) is 41.6 Å². The van der Waals surface area contributed by atoms with Crippen LogP contribution in [0.3, 0.4) is 0 Å². The van der Waals surface area contributed by atoms with E-state index in [9.17, 15) is 10.1 Å². The lowest BCUT2D eigenvalue weighted by Crippen LogP contribution is -2.64. The lowest BCUT2D eigenvalue weighted by molar-refractivity contribution is -0.133. The number of hydrogen-bond donors (Lipinski definition) is 2. The van der Waals surface area contributed by atoms with Crippen LogP contribution in [0.1, 0.15) is 16.0 Å². The minimum Gasteiger partial charge on any atom is -0.368 e. The summed E-state index contributed by atoms with van der Waals surface area (Å²) in [5.74, 6) is -0.259. The Morgan fingerprint density at radius 3 is 2.88 bits per heavy atom. The van der Waals surface area contributed by atoms with Crippen LogP contribution in [-0.2, 0) is 10.3 Å². The van der Waals surface area contributed by atoms with Crippen molar-refractivity contribution in [1.82, 2.24) is 15.2 Å². The lowest BCUT2D eigenvalue weighted by Gasteiger charge is -2.42. The highest BCUT2D eigenvalue weighted by Crippen LogP contribution is 2.45. The van der Waals surface area contributed by atoms with Crippen LogP contribution in [0, 0.1) is 29.6 Å². The SMILES string of the molecule is Cc1ccccc1N1CC2C(=O)N(C)C(=N)N[C@@]2(c2cc(-c3cncc(C#N)c3)cs2)C1. The quantitative estimate of drug-likeness (QED) is 0.649. The summed E-state index contributed by atoms with van der Waals surface area (Å²) in [7, 11) is 1.65. The third-order valence-corrected chi connectivity index (χ3v) is 7.55. The topological polar surface area (TPSA) is 96.1 Å². The number of benzene rings is 1. The zero-order valence-electron chi connectivity index (χ0n) is 17.8. The molecule has 4 heterocycles. The van der Waals surface area contributed by atoms with E-state index in [1.807, 2.05) is 23.6 Å². The van der Waals surface area contributed by atoms with Gasteiger partial charge in [-0.3, -0.25) is 20.1 Å². The van der Waals surface area contributed by atoms with Crippen LogP contribution >= 0.6 is 11.3 Å². The van der Waals surface area contributed by atoms with Crippen LogP contribution in [0.2, 0.25) is 0 Å². The number of rotatable bonds is 3. The zero-order chi connectivity index (χ0) is 22.5. The molecule has 2 N–H and O–H groups in total. The Bertz CT molecular complexity index is 1280. The van der Waals surface area contributed by atoms with E-state index < -0.39 is 5.54 Å². The second-order valence-electron chi connectivity index (χ2n) is 8.34. The van der Waals surface area contributed by atoms with Crippen LogP contribution in [0.5, 0.6) is 0 Å². The number of nitrogens with one attached hydrogen (secondary N) is 2. The summed E-state index contributed by atoms with van der Waals surface area (Å²) in [5.41, 5.74) is 3.90. The minimum atomic E-state index is -0.688. The van der Waals surface area contributed by atoms with E-state index >= 15 is 0 Å². The van der Waals surface area contributed by atoms with Crippen LogP contribution in [-0.4, -0.2) is 41.9 Å². The first-order valence-corrected chi connectivity index (χ1v) is 11.2. The molecule has 2 fully saturated rings. The number of thiophene rings is 1. The molecule has 7 nitrogen and oxygen atoms in total. The molecule has 1 amide bonds. The van der Waals surface area contributed by atoms with E-state index in [-0.39, 0.29) is 17.8 Å². The molecule has 3 aromatic rings. The molecule has 0 spiro atoms. The van der Waals surface area contributed by atoms with Gasteiger partial charge >= 0.3 is 0 Å². The molecule has 8 heteroatoms. The Kier molecular flexibility index (Phi) is 4.72. The monoisotopic (exact) mass is 442 g/mol. The summed E-state index contributed by atoms with van der Waals surface area (Å²) in [4.78, 5) is 22.1. The highest BCUT2D eigenvalue weighted by Gasteiger charge is 2.57. The van der Waals surface area contributed by atoms with Gasteiger partial charge in [0.05, 0.1) is 11.5 Å². The molecule has 1 unspecified atom stereocenters. The molecular weight excluding hydrogens is 420 g/mol. The van der Waals surface area contributed by atoms with Gasteiger partial charge in [-0.15, -0.1) is 11.3 Å². The molecule has 2 aliphatic rings. The predicted octanol–water partition coefficient (Wildman–Crippen LogP) is 3.32. The van der Waals surface area contributed by atoms with Gasteiger partial charge in [0, 0.05) is 48.7 Å². The molecular formula is C24H22N6OS. The Hall–Kier alpha value is -3.70. The molecule has 2 aromatic heterocycles. The molecule has 2 atom stereocenters. The number of carbonyl (C=O) groups is 1. The van der Waals surface area contributed by atoms with Gasteiger partial charge in [0.1, 0.15) is 11.6 Å². The van der Waals surface area contributed by atoms with Crippen molar-refractivity contribution in [3.8, 4) is 17.2 Å². The van der Waals surface area contributed by atoms with Crippen molar-refractivity contribution in [3.63, 3.8) is 0 Å². The van der Waals surface area contributed by atoms with Crippen LogP contribution in [0.4, 0.5) is 5.69 Å². The van der Waals surface area contributed by atoms with E-state index in [4.69, 9.17) is 5.41 Å². The zero-order valence-corrected chi connectivity index (χ0v) is 18.6. The average Bonchev–Trinajstić information content (AvgIpc) is 3.44. The first-order chi connectivity index (χ1) is 15.4. The Morgan fingerprint density at radius 1 is 1.28 bits per heavy atom. The van der Waals surface area contributed by atoms with E-state index in [0.29, 0.717) is 18.7 Å². The summed E-state index contributed by atoms with van der Waals surface area (Å²) in [6, 6.07) is 14.2. The number of fused-ring (bicyclic) bond motifs is 1. The van der Waals surface area contributed by atoms with E-state index in [0.717, 1.165) is 27.3 Å². The van der Waals surface area contributed by atoms with Crippen molar-refractivity contribution in [2.45, 2.75) is 12.5 Å². The van der Waals surface area contributed by atoms with Gasteiger partial charge in [0.25, 0.3) is 0 Å². The van der Waals surface area contributed by atoms with Crippen molar-refractivity contribution in [1.29, 1.82) is 10.7 Å². The van der Waals surface area contributed by atoms with Crippen molar-refractivity contribution < 1.29 is 4.79 Å². The first kappa shape index (κ1) is 20.2.